The van der Waals surface area contributed by atoms with Crippen molar-refractivity contribution in [3.05, 3.63) is 60.5 Å². The number of hydrogen-bond acceptors (Lipinski definition) is 6. The van der Waals surface area contributed by atoms with Crippen LogP contribution in [0.15, 0.2) is 54.7 Å². The Hall–Kier alpha value is -3.55. The van der Waals surface area contributed by atoms with Crippen LogP contribution in [0.5, 0.6) is 0 Å². The lowest BCUT2D eigenvalue weighted by atomic mass is 10.1. The Labute approximate surface area is 174 Å². The maximum absolute atomic E-state index is 14.4. The van der Waals surface area contributed by atoms with Crippen LogP contribution < -0.4 is 4.90 Å². The van der Waals surface area contributed by atoms with Gasteiger partial charge >= 0.3 is 6.09 Å². The number of rotatable bonds is 4. The molecule has 1 aliphatic rings. The third kappa shape index (κ3) is 4.22. The monoisotopic (exact) mass is 407 g/mol. The molecule has 8 heteroatoms. The van der Waals surface area contributed by atoms with Crippen molar-refractivity contribution < 1.29 is 13.9 Å². The molecule has 1 aliphatic heterocycles. The van der Waals surface area contributed by atoms with E-state index < -0.39 is 0 Å². The highest BCUT2D eigenvalue weighted by molar-refractivity contribution is 5.69. The third-order valence-electron chi connectivity index (χ3n) is 4.89. The molecule has 1 saturated heterocycles. The van der Waals surface area contributed by atoms with Crippen LogP contribution in [0.4, 0.5) is 15.0 Å². The standard InChI is InChI=1S/C22H22FN5O2/c1-2-30-22(29)28-13-11-27(12-14-28)20-15-19(16-7-3-4-8-17(16)23)25-21(26-20)18-9-5-6-10-24-18/h3-10,15H,2,11-14H2,1H3. The van der Waals surface area contributed by atoms with E-state index in [2.05, 4.69) is 19.9 Å². The largest absolute Gasteiger partial charge is 0.450 e. The summed E-state index contributed by atoms with van der Waals surface area (Å²) in [6.07, 6.45) is 1.37. The molecule has 0 aliphatic carbocycles. The normalized spacial score (nSPS) is 13.9. The first-order valence-electron chi connectivity index (χ1n) is 9.87. The average Bonchev–Trinajstić information content (AvgIpc) is 2.80. The van der Waals surface area contributed by atoms with Gasteiger partial charge in [-0.1, -0.05) is 18.2 Å². The summed E-state index contributed by atoms with van der Waals surface area (Å²) < 4.78 is 19.5. The van der Waals surface area contributed by atoms with Crippen molar-refractivity contribution >= 4 is 11.9 Å². The van der Waals surface area contributed by atoms with Gasteiger partial charge in [-0.15, -0.1) is 0 Å². The molecular formula is C22H22FN5O2. The van der Waals surface area contributed by atoms with Crippen molar-refractivity contribution in [3.63, 3.8) is 0 Å². The summed E-state index contributed by atoms with van der Waals surface area (Å²) >= 11 is 0. The molecule has 0 saturated carbocycles. The molecule has 0 radical (unpaired) electrons. The van der Waals surface area contributed by atoms with E-state index in [0.29, 0.717) is 61.4 Å². The molecule has 3 aromatic rings. The molecule has 1 fully saturated rings. The van der Waals surface area contributed by atoms with Gasteiger partial charge in [-0.05, 0) is 31.2 Å². The van der Waals surface area contributed by atoms with E-state index in [9.17, 15) is 9.18 Å². The van der Waals surface area contributed by atoms with Crippen LogP contribution in [0.2, 0.25) is 0 Å². The van der Waals surface area contributed by atoms with Gasteiger partial charge in [0, 0.05) is 44.0 Å². The van der Waals surface area contributed by atoms with Gasteiger partial charge in [0.1, 0.15) is 17.3 Å². The van der Waals surface area contributed by atoms with Gasteiger partial charge in [0.25, 0.3) is 0 Å². The van der Waals surface area contributed by atoms with Gasteiger partial charge in [0.2, 0.25) is 0 Å². The molecule has 0 spiro atoms. The minimum atomic E-state index is -0.346. The zero-order valence-corrected chi connectivity index (χ0v) is 16.7. The third-order valence-corrected chi connectivity index (χ3v) is 4.89. The second-order valence-corrected chi connectivity index (χ2v) is 6.80. The van der Waals surface area contributed by atoms with Crippen LogP contribution in [0, 0.1) is 5.82 Å². The Bertz CT molecular complexity index is 1020. The van der Waals surface area contributed by atoms with Crippen LogP contribution in [0.1, 0.15) is 6.92 Å². The summed E-state index contributed by atoms with van der Waals surface area (Å²) in [6.45, 7) is 4.37. The Balaban J connectivity index is 1.67. The number of carbonyl (C=O) groups is 1. The number of halogens is 1. The lowest BCUT2D eigenvalue weighted by Gasteiger charge is -2.34. The number of ether oxygens (including phenoxy) is 1. The van der Waals surface area contributed by atoms with Gasteiger partial charge in [0.15, 0.2) is 5.82 Å². The van der Waals surface area contributed by atoms with Gasteiger partial charge in [-0.2, -0.15) is 0 Å². The number of carbonyl (C=O) groups excluding carboxylic acids is 1. The summed E-state index contributed by atoms with van der Waals surface area (Å²) in [5, 5.41) is 0. The van der Waals surface area contributed by atoms with Crippen molar-refractivity contribution in [1.82, 2.24) is 19.9 Å². The fourth-order valence-corrected chi connectivity index (χ4v) is 3.35. The summed E-state index contributed by atoms with van der Waals surface area (Å²) in [4.78, 5) is 29.3. The fourth-order valence-electron chi connectivity index (χ4n) is 3.35. The molecule has 154 valence electrons. The zero-order valence-electron chi connectivity index (χ0n) is 16.7. The highest BCUT2D eigenvalue weighted by Crippen LogP contribution is 2.27. The number of nitrogens with zero attached hydrogens (tertiary/aromatic N) is 5. The quantitative estimate of drug-likeness (QED) is 0.658. The number of piperazine rings is 1. The fraction of sp³-hybridized carbons (Fsp3) is 0.273. The Morgan fingerprint density at radius 2 is 1.80 bits per heavy atom. The number of pyridine rings is 1. The predicted molar refractivity (Wildman–Crippen MR) is 111 cm³/mol. The van der Waals surface area contributed by atoms with E-state index in [1.807, 2.05) is 18.2 Å². The maximum atomic E-state index is 14.4. The molecule has 3 heterocycles. The first kappa shape index (κ1) is 19.8. The molecule has 4 rings (SSSR count). The summed E-state index contributed by atoms with van der Waals surface area (Å²) in [7, 11) is 0. The van der Waals surface area contributed by atoms with E-state index in [1.54, 1.807) is 42.3 Å². The van der Waals surface area contributed by atoms with E-state index in [1.165, 1.54) is 6.07 Å². The van der Waals surface area contributed by atoms with Crippen molar-refractivity contribution in [2.45, 2.75) is 6.92 Å². The molecule has 0 unspecified atom stereocenters. The highest BCUT2D eigenvalue weighted by Gasteiger charge is 2.24. The number of aromatic nitrogens is 3. The number of anilines is 1. The number of amides is 1. The summed E-state index contributed by atoms with van der Waals surface area (Å²) in [6, 6.07) is 13.8. The van der Waals surface area contributed by atoms with Crippen LogP contribution >= 0.6 is 0 Å². The second-order valence-electron chi connectivity index (χ2n) is 6.80. The SMILES string of the molecule is CCOC(=O)N1CCN(c2cc(-c3ccccc3F)nc(-c3ccccn3)n2)CC1. The Morgan fingerprint density at radius 1 is 1.03 bits per heavy atom. The predicted octanol–water partition coefficient (Wildman–Crippen LogP) is 3.62. The molecule has 0 bridgehead atoms. The lowest BCUT2D eigenvalue weighted by Crippen LogP contribution is -2.49. The Kier molecular flexibility index (Phi) is 5.83. The first-order chi connectivity index (χ1) is 14.7. The average molecular weight is 407 g/mol. The van der Waals surface area contributed by atoms with Crippen molar-refractivity contribution in [3.8, 4) is 22.8 Å². The van der Waals surface area contributed by atoms with Crippen LogP contribution in [0.3, 0.4) is 0 Å². The molecule has 2 aromatic heterocycles. The van der Waals surface area contributed by atoms with E-state index in [0.717, 1.165) is 0 Å². The van der Waals surface area contributed by atoms with E-state index >= 15 is 0 Å². The molecule has 7 nitrogen and oxygen atoms in total. The van der Waals surface area contributed by atoms with Crippen LogP contribution in [-0.4, -0.2) is 58.7 Å². The first-order valence-corrected chi connectivity index (χ1v) is 9.87. The maximum Gasteiger partial charge on any atom is 0.409 e. The zero-order chi connectivity index (χ0) is 20.9. The van der Waals surface area contributed by atoms with Crippen molar-refractivity contribution in [2.24, 2.45) is 0 Å². The molecular weight excluding hydrogens is 385 g/mol. The van der Waals surface area contributed by atoms with Crippen LogP contribution in [0.25, 0.3) is 22.8 Å². The van der Waals surface area contributed by atoms with Crippen LogP contribution in [-0.2, 0) is 4.74 Å². The minimum absolute atomic E-state index is 0.305. The topological polar surface area (TPSA) is 71.5 Å². The van der Waals surface area contributed by atoms with E-state index in [4.69, 9.17) is 4.74 Å². The van der Waals surface area contributed by atoms with Gasteiger partial charge in [-0.3, -0.25) is 4.98 Å². The van der Waals surface area contributed by atoms with Gasteiger partial charge in [0.05, 0.1) is 12.3 Å². The van der Waals surface area contributed by atoms with Gasteiger partial charge < -0.3 is 14.5 Å². The number of benzene rings is 1. The molecule has 1 aromatic carbocycles. The highest BCUT2D eigenvalue weighted by atomic mass is 19.1. The van der Waals surface area contributed by atoms with Crippen molar-refractivity contribution in [1.29, 1.82) is 0 Å². The van der Waals surface area contributed by atoms with E-state index in [-0.39, 0.29) is 11.9 Å². The van der Waals surface area contributed by atoms with Gasteiger partial charge in [-0.25, -0.2) is 19.2 Å². The Morgan fingerprint density at radius 3 is 2.50 bits per heavy atom. The smallest absolute Gasteiger partial charge is 0.409 e. The molecule has 0 N–H and O–H groups in total. The summed E-state index contributed by atoms with van der Waals surface area (Å²) in [5.74, 6) is 0.757. The number of hydrogen-bond donors (Lipinski definition) is 0. The minimum Gasteiger partial charge on any atom is -0.450 e. The summed E-state index contributed by atoms with van der Waals surface area (Å²) in [5.41, 5.74) is 1.51. The molecule has 1 amide bonds. The lowest BCUT2D eigenvalue weighted by molar-refractivity contribution is 0.105. The van der Waals surface area contributed by atoms with Crippen molar-refractivity contribution in [2.75, 3.05) is 37.7 Å². The second kappa shape index (κ2) is 8.86. The molecule has 0 atom stereocenters. The molecule has 30 heavy (non-hydrogen) atoms.